The van der Waals surface area contributed by atoms with Crippen molar-refractivity contribution in [3.63, 3.8) is 0 Å². The zero-order chi connectivity index (χ0) is 20.8. The van der Waals surface area contributed by atoms with Crippen LogP contribution in [0.3, 0.4) is 0 Å². The zero-order valence-corrected chi connectivity index (χ0v) is 18.4. The third-order valence-electron chi connectivity index (χ3n) is 5.64. The maximum absolute atomic E-state index is 12.8. The largest absolute Gasteiger partial charge is 0.491 e. The van der Waals surface area contributed by atoms with Crippen molar-refractivity contribution >= 4 is 23.4 Å². The average molecular weight is 427 g/mol. The Labute approximate surface area is 183 Å². The van der Waals surface area contributed by atoms with E-state index in [9.17, 15) is 4.79 Å². The molecule has 2 fully saturated rings. The van der Waals surface area contributed by atoms with E-state index in [0.717, 1.165) is 56.1 Å². The Hall–Kier alpha value is -2.02. The number of hydrogen-bond donors (Lipinski definition) is 1. The summed E-state index contributed by atoms with van der Waals surface area (Å²) in [5.74, 6) is 3.06. The second-order valence-electron chi connectivity index (χ2n) is 7.96. The highest BCUT2D eigenvalue weighted by molar-refractivity contribution is 7.99. The second kappa shape index (κ2) is 10.3. The molecule has 4 rings (SSSR count). The van der Waals surface area contributed by atoms with E-state index in [0.29, 0.717) is 12.2 Å². The molecule has 2 aromatic carbocycles. The predicted octanol–water partition coefficient (Wildman–Crippen LogP) is 4.35. The van der Waals surface area contributed by atoms with Gasteiger partial charge in [-0.1, -0.05) is 12.1 Å². The van der Waals surface area contributed by atoms with Crippen molar-refractivity contribution in [3.05, 3.63) is 59.2 Å². The first-order chi connectivity index (χ1) is 14.7. The van der Waals surface area contributed by atoms with E-state index in [1.807, 2.05) is 43.0 Å². The van der Waals surface area contributed by atoms with Gasteiger partial charge in [0.2, 0.25) is 0 Å². The Balaban J connectivity index is 1.34. The normalized spacial score (nSPS) is 19.6. The van der Waals surface area contributed by atoms with Gasteiger partial charge in [0.1, 0.15) is 12.4 Å². The number of nitrogens with zero attached hydrogens (tertiary/aromatic N) is 1. The summed E-state index contributed by atoms with van der Waals surface area (Å²) in [6, 6.07) is 13.7. The Morgan fingerprint density at radius 2 is 2.00 bits per heavy atom. The molecule has 2 aromatic rings. The summed E-state index contributed by atoms with van der Waals surface area (Å²) < 4.78 is 11.4. The third kappa shape index (κ3) is 5.78. The van der Waals surface area contributed by atoms with Gasteiger partial charge in [-0.2, -0.15) is 11.8 Å². The third-order valence-corrected chi connectivity index (χ3v) is 6.58. The molecule has 0 aromatic heterocycles. The zero-order valence-electron chi connectivity index (χ0n) is 17.6. The highest BCUT2D eigenvalue weighted by Gasteiger charge is 2.16. The van der Waals surface area contributed by atoms with E-state index in [1.54, 1.807) is 0 Å². The van der Waals surface area contributed by atoms with E-state index in [2.05, 4.69) is 28.4 Å². The molecule has 0 spiro atoms. The average Bonchev–Trinajstić information content (AvgIpc) is 3.29. The lowest BCUT2D eigenvalue weighted by Gasteiger charge is -2.26. The number of thioether (sulfide) groups is 1. The Bertz CT molecular complexity index is 844. The van der Waals surface area contributed by atoms with Gasteiger partial charge >= 0.3 is 0 Å². The smallest absolute Gasteiger partial charge is 0.255 e. The molecule has 2 saturated heterocycles. The second-order valence-corrected chi connectivity index (χ2v) is 9.19. The van der Waals surface area contributed by atoms with E-state index in [-0.39, 0.29) is 12.0 Å². The van der Waals surface area contributed by atoms with Crippen LogP contribution in [0, 0.1) is 6.92 Å². The Morgan fingerprint density at radius 1 is 1.20 bits per heavy atom. The SMILES string of the molecule is Cc1ccc(CN2CCSCC2)cc1NC(=O)c1ccc(OCC2CCCO2)cc1. The molecule has 1 N–H and O–H groups in total. The molecule has 1 unspecified atom stereocenters. The molecule has 0 aliphatic carbocycles. The van der Waals surface area contributed by atoms with E-state index in [4.69, 9.17) is 9.47 Å². The van der Waals surface area contributed by atoms with Crippen molar-refractivity contribution in [3.8, 4) is 5.75 Å². The van der Waals surface area contributed by atoms with E-state index in [1.165, 1.54) is 17.1 Å². The highest BCUT2D eigenvalue weighted by atomic mass is 32.2. The molecule has 0 bridgehead atoms. The van der Waals surface area contributed by atoms with Gasteiger partial charge in [-0.15, -0.1) is 0 Å². The standard InChI is InChI=1S/C24H30N2O3S/c1-18-4-5-19(16-26-10-13-30-14-11-26)15-23(18)25-24(27)20-6-8-21(9-7-20)29-17-22-3-2-12-28-22/h4-9,15,22H,2-3,10-14,16-17H2,1H3,(H,25,27). The predicted molar refractivity (Wildman–Crippen MR) is 123 cm³/mol. The number of aryl methyl sites for hydroxylation is 1. The van der Waals surface area contributed by atoms with Gasteiger partial charge in [0.05, 0.1) is 6.10 Å². The molecule has 2 heterocycles. The van der Waals surface area contributed by atoms with Crippen LogP contribution in [-0.2, 0) is 11.3 Å². The van der Waals surface area contributed by atoms with Gasteiger partial charge in [0.25, 0.3) is 5.91 Å². The molecular formula is C24H30N2O3S. The first kappa shape index (κ1) is 21.2. The first-order valence-electron chi connectivity index (χ1n) is 10.7. The van der Waals surface area contributed by atoms with Gasteiger partial charge in [-0.05, 0) is 61.2 Å². The molecule has 1 atom stereocenters. The van der Waals surface area contributed by atoms with Crippen molar-refractivity contribution in [1.29, 1.82) is 0 Å². The number of rotatable bonds is 7. The van der Waals surface area contributed by atoms with Crippen LogP contribution in [0.25, 0.3) is 0 Å². The van der Waals surface area contributed by atoms with Crippen molar-refractivity contribution in [2.75, 3.05) is 43.1 Å². The minimum absolute atomic E-state index is 0.102. The lowest BCUT2D eigenvalue weighted by Crippen LogP contribution is -2.32. The molecule has 30 heavy (non-hydrogen) atoms. The highest BCUT2D eigenvalue weighted by Crippen LogP contribution is 2.22. The van der Waals surface area contributed by atoms with Crippen LogP contribution in [0.2, 0.25) is 0 Å². The molecule has 0 saturated carbocycles. The molecule has 2 aliphatic heterocycles. The number of nitrogens with one attached hydrogen (secondary N) is 1. The molecule has 6 heteroatoms. The number of benzene rings is 2. The fourth-order valence-electron chi connectivity index (χ4n) is 3.78. The lowest BCUT2D eigenvalue weighted by molar-refractivity contribution is 0.0679. The van der Waals surface area contributed by atoms with Crippen LogP contribution < -0.4 is 10.1 Å². The number of carbonyl (C=O) groups excluding carboxylic acids is 1. The van der Waals surface area contributed by atoms with Crippen molar-refractivity contribution in [2.45, 2.75) is 32.4 Å². The summed E-state index contributed by atoms with van der Waals surface area (Å²) in [5, 5.41) is 3.08. The van der Waals surface area contributed by atoms with Gasteiger partial charge in [-0.3, -0.25) is 9.69 Å². The molecule has 0 radical (unpaired) electrons. The molecule has 2 aliphatic rings. The van der Waals surface area contributed by atoms with Crippen molar-refractivity contribution in [1.82, 2.24) is 4.90 Å². The minimum Gasteiger partial charge on any atom is -0.491 e. The summed E-state index contributed by atoms with van der Waals surface area (Å²) in [5.41, 5.74) is 3.80. The van der Waals surface area contributed by atoms with Crippen LogP contribution in [0.4, 0.5) is 5.69 Å². The first-order valence-corrected chi connectivity index (χ1v) is 11.9. The molecule has 1 amide bonds. The Kier molecular flexibility index (Phi) is 7.31. The fraction of sp³-hybridized carbons (Fsp3) is 0.458. The Morgan fingerprint density at radius 3 is 2.73 bits per heavy atom. The van der Waals surface area contributed by atoms with E-state index >= 15 is 0 Å². The molecular weight excluding hydrogens is 396 g/mol. The van der Waals surface area contributed by atoms with E-state index < -0.39 is 0 Å². The number of hydrogen-bond acceptors (Lipinski definition) is 5. The minimum atomic E-state index is -0.102. The van der Waals surface area contributed by atoms with Crippen molar-refractivity contribution < 1.29 is 14.3 Å². The lowest BCUT2D eigenvalue weighted by atomic mass is 10.1. The van der Waals surface area contributed by atoms with Crippen LogP contribution in [-0.4, -0.2) is 54.7 Å². The van der Waals surface area contributed by atoms with Crippen LogP contribution in [0.5, 0.6) is 5.75 Å². The van der Waals surface area contributed by atoms with Gasteiger partial charge in [-0.25, -0.2) is 0 Å². The summed E-state index contributed by atoms with van der Waals surface area (Å²) in [4.78, 5) is 15.2. The molecule has 160 valence electrons. The quantitative estimate of drug-likeness (QED) is 0.713. The number of ether oxygens (including phenoxy) is 2. The van der Waals surface area contributed by atoms with Crippen molar-refractivity contribution in [2.24, 2.45) is 0 Å². The van der Waals surface area contributed by atoms with Gasteiger partial charge in [0, 0.05) is 49.0 Å². The monoisotopic (exact) mass is 426 g/mol. The summed E-state index contributed by atoms with van der Waals surface area (Å²) in [6.45, 7) is 6.60. The number of amides is 1. The van der Waals surface area contributed by atoms with Gasteiger partial charge in [0.15, 0.2) is 0 Å². The summed E-state index contributed by atoms with van der Waals surface area (Å²) in [7, 11) is 0. The maximum Gasteiger partial charge on any atom is 0.255 e. The van der Waals surface area contributed by atoms with Gasteiger partial charge < -0.3 is 14.8 Å². The number of anilines is 1. The number of carbonyl (C=O) groups is 1. The van der Waals surface area contributed by atoms with Crippen LogP contribution in [0.1, 0.15) is 34.3 Å². The summed E-state index contributed by atoms with van der Waals surface area (Å²) >= 11 is 2.02. The topological polar surface area (TPSA) is 50.8 Å². The summed E-state index contributed by atoms with van der Waals surface area (Å²) in [6.07, 6.45) is 2.34. The fourth-order valence-corrected chi connectivity index (χ4v) is 4.76. The molecule has 5 nitrogen and oxygen atoms in total. The van der Waals surface area contributed by atoms with Crippen LogP contribution >= 0.6 is 11.8 Å². The maximum atomic E-state index is 12.8. The van der Waals surface area contributed by atoms with Crippen LogP contribution in [0.15, 0.2) is 42.5 Å².